The molecule has 2 heterocycles. The van der Waals surface area contributed by atoms with Crippen LogP contribution >= 0.6 is 0 Å². The van der Waals surface area contributed by atoms with Gasteiger partial charge in [0.1, 0.15) is 6.33 Å². The number of primary sulfonamides is 1. The highest BCUT2D eigenvalue weighted by Crippen LogP contribution is 2.25. The molecule has 0 aliphatic heterocycles. The van der Waals surface area contributed by atoms with Crippen LogP contribution in [0, 0.1) is 0 Å². The first kappa shape index (κ1) is 13.3. The number of sulfonamides is 1. The molecule has 0 saturated carbocycles. The molecule has 4 N–H and O–H groups in total. The molecule has 9 nitrogen and oxygen atoms in total. The number of aromatic hydroxyl groups is 1. The van der Waals surface area contributed by atoms with Crippen LogP contribution in [-0.4, -0.2) is 28.5 Å². The van der Waals surface area contributed by atoms with Gasteiger partial charge < -0.3 is 14.8 Å². The van der Waals surface area contributed by atoms with Gasteiger partial charge in [-0.05, 0) is 24.3 Å². The molecular formula is C11H9N5O4S. The van der Waals surface area contributed by atoms with Gasteiger partial charge in [0.05, 0.1) is 4.90 Å². The van der Waals surface area contributed by atoms with E-state index in [4.69, 9.17) is 9.56 Å². The molecule has 10 heteroatoms. The Morgan fingerprint density at radius 3 is 2.57 bits per heavy atom. The van der Waals surface area contributed by atoms with Gasteiger partial charge in [-0.15, -0.1) is 0 Å². The van der Waals surface area contributed by atoms with Crippen molar-refractivity contribution in [2.24, 2.45) is 5.14 Å². The Bertz CT molecular complexity index is 904. The second-order valence-corrected chi connectivity index (χ2v) is 5.63. The summed E-state index contributed by atoms with van der Waals surface area (Å²) in [6, 6.07) is 5.76. The molecule has 108 valence electrons. The summed E-state index contributed by atoms with van der Waals surface area (Å²) in [6.07, 6.45) is 0.728. The zero-order valence-electron chi connectivity index (χ0n) is 10.4. The van der Waals surface area contributed by atoms with Crippen molar-refractivity contribution in [3.05, 3.63) is 30.6 Å². The lowest BCUT2D eigenvalue weighted by Crippen LogP contribution is -2.11. The van der Waals surface area contributed by atoms with Crippen molar-refractivity contribution < 1.29 is 17.9 Å². The molecule has 2 aromatic heterocycles. The fourth-order valence-electron chi connectivity index (χ4n) is 1.70. The Kier molecular flexibility index (Phi) is 2.96. The number of aromatic nitrogens is 3. The van der Waals surface area contributed by atoms with E-state index >= 15 is 0 Å². The van der Waals surface area contributed by atoms with Gasteiger partial charge in [0, 0.05) is 5.69 Å². The number of rotatable bonds is 3. The fraction of sp³-hybridized carbons (Fsp3) is 0. The quantitative estimate of drug-likeness (QED) is 0.641. The number of anilines is 2. The summed E-state index contributed by atoms with van der Waals surface area (Å²) in [5, 5.41) is 17.2. The molecule has 0 radical (unpaired) electrons. The predicted molar refractivity (Wildman–Crippen MR) is 72.4 cm³/mol. The minimum atomic E-state index is -3.74. The maximum Gasteiger partial charge on any atom is 0.393 e. The van der Waals surface area contributed by atoms with Crippen molar-refractivity contribution in [1.29, 1.82) is 0 Å². The summed E-state index contributed by atoms with van der Waals surface area (Å²) < 4.78 is 27.2. The average Bonchev–Trinajstić information content (AvgIpc) is 2.80. The summed E-state index contributed by atoms with van der Waals surface area (Å²) in [4.78, 5) is 11.6. The molecule has 3 rings (SSSR count). The minimum Gasteiger partial charge on any atom is -0.466 e. The Morgan fingerprint density at radius 2 is 1.90 bits per heavy atom. The number of hydrogen-bond acceptors (Lipinski definition) is 8. The van der Waals surface area contributed by atoms with Gasteiger partial charge in [-0.1, -0.05) is 0 Å². The second kappa shape index (κ2) is 4.68. The van der Waals surface area contributed by atoms with E-state index in [2.05, 4.69) is 20.3 Å². The summed E-state index contributed by atoms with van der Waals surface area (Å²) in [5.41, 5.74) is 0.946. The number of nitrogens with two attached hydrogens (primary N) is 1. The zero-order valence-corrected chi connectivity index (χ0v) is 11.2. The molecule has 0 saturated heterocycles. The van der Waals surface area contributed by atoms with E-state index < -0.39 is 16.1 Å². The van der Waals surface area contributed by atoms with Gasteiger partial charge in [-0.2, -0.15) is 9.97 Å². The van der Waals surface area contributed by atoms with E-state index in [0.29, 0.717) is 11.5 Å². The van der Waals surface area contributed by atoms with Gasteiger partial charge in [0.15, 0.2) is 11.3 Å². The Hall–Kier alpha value is -2.72. The third-order valence-corrected chi connectivity index (χ3v) is 3.56. The van der Waals surface area contributed by atoms with Gasteiger partial charge in [-0.3, -0.25) is 0 Å². The number of nitrogens with zero attached hydrogens (tertiary/aromatic N) is 3. The van der Waals surface area contributed by atoms with Crippen LogP contribution in [0.4, 0.5) is 11.5 Å². The molecular weight excluding hydrogens is 298 g/mol. The lowest BCUT2D eigenvalue weighted by molar-refractivity contribution is 0.326. The molecule has 0 aliphatic rings. The Labute approximate surface area is 118 Å². The van der Waals surface area contributed by atoms with Crippen LogP contribution < -0.4 is 10.5 Å². The molecule has 0 amide bonds. The van der Waals surface area contributed by atoms with Crippen molar-refractivity contribution in [3.8, 4) is 6.08 Å². The summed E-state index contributed by atoms with van der Waals surface area (Å²) in [5.74, 6) is 0.312. The minimum absolute atomic E-state index is 0.0000324. The molecule has 0 fully saturated rings. The lowest BCUT2D eigenvalue weighted by atomic mass is 10.3. The predicted octanol–water partition coefficient (Wildman–Crippen LogP) is 0.714. The van der Waals surface area contributed by atoms with Crippen LogP contribution in [0.3, 0.4) is 0 Å². The lowest BCUT2D eigenvalue weighted by Gasteiger charge is -2.05. The van der Waals surface area contributed by atoms with E-state index in [1.54, 1.807) is 0 Å². The first-order valence-corrected chi connectivity index (χ1v) is 7.18. The van der Waals surface area contributed by atoms with E-state index in [9.17, 15) is 13.5 Å². The van der Waals surface area contributed by atoms with Crippen LogP contribution in [0.25, 0.3) is 11.2 Å². The number of nitrogens with one attached hydrogen (secondary N) is 1. The maximum atomic E-state index is 11.2. The maximum absolute atomic E-state index is 11.2. The third kappa shape index (κ3) is 2.61. The molecule has 0 unspecified atom stereocenters. The molecule has 0 aliphatic carbocycles. The van der Waals surface area contributed by atoms with Crippen molar-refractivity contribution in [2.75, 3.05) is 5.32 Å². The number of hydrogen-bond donors (Lipinski definition) is 3. The smallest absolute Gasteiger partial charge is 0.393 e. The van der Waals surface area contributed by atoms with Crippen molar-refractivity contribution >= 4 is 32.8 Å². The monoisotopic (exact) mass is 307 g/mol. The second-order valence-electron chi connectivity index (χ2n) is 4.07. The first-order valence-electron chi connectivity index (χ1n) is 5.64. The van der Waals surface area contributed by atoms with Crippen molar-refractivity contribution in [2.45, 2.75) is 4.90 Å². The SMILES string of the molecule is NS(=O)(=O)c1ccc(Nc2ncnc3oc(O)nc23)cc1. The summed E-state index contributed by atoms with van der Waals surface area (Å²) in [7, 11) is -3.74. The summed E-state index contributed by atoms with van der Waals surface area (Å²) >= 11 is 0. The molecule has 21 heavy (non-hydrogen) atoms. The standard InChI is InChI=1S/C11H9N5O4S/c12-21(18,19)7-3-1-6(2-4-7)15-9-8-10(14-5-13-9)20-11(17)16-8/h1-5H,(H,16,17)(H2,12,18,19)(H,13,14,15). The number of benzene rings is 1. The van der Waals surface area contributed by atoms with Gasteiger partial charge in [-0.25, -0.2) is 18.5 Å². The van der Waals surface area contributed by atoms with Crippen LogP contribution in [0.5, 0.6) is 6.08 Å². The highest BCUT2D eigenvalue weighted by atomic mass is 32.2. The Morgan fingerprint density at radius 1 is 1.19 bits per heavy atom. The van der Waals surface area contributed by atoms with Crippen LogP contribution in [0.15, 0.2) is 39.9 Å². The topological polar surface area (TPSA) is 144 Å². The molecule has 3 aromatic rings. The molecule has 0 spiro atoms. The highest BCUT2D eigenvalue weighted by molar-refractivity contribution is 7.89. The van der Waals surface area contributed by atoms with Crippen LogP contribution in [-0.2, 0) is 10.0 Å². The largest absolute Gasteiger partial charge is 0.466 e. The zero-order chi connectivity index (χ0) is 15.0. The molecule has 1 aromatic carbocycles. The highest BCUT2D eigenvalue weighted by Gasteiger charge is 2.12. The average molecular weight is 307 g/mol. The van der Waals surface area contributed by atoms with E-state index in [0.717, 1.165) is 0 Å². The normalized spacial score (nSPS) is 11.7. The van der Waals surface area contributed by atoms with Gasteiger partial charge >= 0.3 is 6.08 Å². The van der Waals surface area contributed by atoms with Crippen LogP contribution in [0.1, 0.15) is 0 Å². The molecule has 0 bridgehead atoms. The van der Waals surface area contributed by atoms with E-state index in [-0.39, 0.29) is 16.1 Å². The van der Waals surface area contributed by atoms with Gasteiger partial charge in [0.25, 0.3) is 5.71 Å². The summed E-state index contributed by atoms with van der Waals surface area (Å²) in [6.45, 7) is 0. The number of oxazole rings is 1. The fourth-order valence-corrected chi connectivity index (χ4v) is 2.21. The number of fused-ring (bicyclic) bond motifs is 1. The molecule has 0 atom stereocenters. The van der Waals surface area contributed by atoms with E-state index in [1.165, 1.54) is 30.6 Å². The van der Waals surface area contributed by atoms with Crippen molar-refractivity contribution in [1.82, 2.24) is 15.0 Å². The van der Waals surface area contributed by atoms with Crippen molar-refractivity contribution in [3.63, 3.8) is 0 Å². The first-order chi connectivity index (χ1) is 9.93. The van der Waals surface area contributed by atoms with Crippen LogP contribution in [0.2, 0.25) is 0 Å². The third-order valence-electron chi connectivity index (χ3n) is 2.63. The van der Waals surface area contributed by atoms with E-state index in [1.807, 2.05) is 0 Å². The van der Waals surface area contributed by atoms with Gasteiger partial charge in [0.2, 0.25) is 10.0 Å². The Balaban J connectivity index is 1.95.